The highest BCUT2D eigenvalue weighted by molar-refractivity contribution is 5.94. The Labute approximate surface area is 143 Å². The highest BCUT2D eigenvalue weighted by Crippen LogP contribution is 2.19. The van der Waals surface area contributed by atoms with Crippen molar-refractivity contribution in [2.45, 2.75) is 0 Å². The molecule has 1 amide bonds. The highest BCUT2D eigenvalue weighted by atomic mass is 16.1. The predicted octanol–water partition coefficient (Wildman–Crippen LogP) is 2.18. The summed E-state index contributed by atoms with van der Waals surface area (Å²) in [6.07, 6.45) is 1.58. The Morgan fingerprint density at radius 2 is 1.75 bits per heavy atom. The second kappa shape index (κ2) is 8.31. The lowest BCUT2D eigenvalue weighted by Gasteiger charge is -2.13. The third kappa shape index (κ3) is 5.24. The summed E-state index contributed by atoms with van der Waals surface area (Å²) in [7, 11) is 7.96. The summed E-state index contributed by atoms with van der Waals surface area (Å²) in [6.45, 7) is 1.42. The largest absolute Gasteiger partial charge is 0.378 e. The van der Waals surface area contributed by atoms with Gasteiger partial charge in [-0.15, -0.1) is 0 Å². The van der Waals surface area contributed by atoms with Crippen LogP contribution in [-0.2, 0) is 0 Å². The molecule has 0 spiro atoms. The number of nitrogens with zero attached hydrogens (tertiary/aromatic N) is 3. The summed E-state index contributed by atoms with van der Waals surface area (Å²) in [5.74, 6) is 0.601. The third-order valence-electron chi connectivity index (χ3n) is 3.53. The summed E-state index contributed by atoms with van der Waals surface area (Å²) in [4.78, 5) is 20.4. The van der Waals surface area contributed by atoms with Crippen molar-refractivity contribution in [1.82, 2.24) is 15.2 Å². The molecule has 0 radical (unpaired) electrons. The molecule has 2 N–H and O–H groups in total. The SMILES string of the molecule is CN(C)CCNC(=O)c1ccc(Nc2ccc(N(C)C)cc2)nc1. The van der Waals surface area contributed by atoms with Crippen molar-refractivity contribution in [2.24, 2.45) is 0 Å². The molecule has 1 heterocycles. The Balaban J connectivity index is 1.92. The molecule has 1 aromatic carbocycles. The number of carbonyl (C=O) groups excluding carboxylic acids is 1. The number of hydrogen-bond acceptors (Lipinski definition) is 5. The first-order valence-electron chi connectivity index (χ1n) is 7.89. The molecule has 6 nitrogen and oxygen atoms in total. The molecule has 6 heteroatoms. The summed E-state index contributed by atoms with van der Waals surface area (Å²) in [5, 5.41) is 6.10. The standard InChI is InChI=1S/C18H25N5O/c1-22(2)12-11-19-18(24)14-5-10-17(20-13-14)21-15-6-8-16(9-7-15)23(3)4/h5-10,13H,11-12H2,1-4H3,(H,19,24)(H,20,21). The van der Waals surface area contributed by atoms with E-state index in [2.05, 4.69) is 15.6 Å². The van der Waals surface area contributed by atoms with Crippen LogP contribution < -0.4 is 15.5 Å². The number of carbonyl (C=O) groups is 1. The van der Waals surface area contributed by atoms with Crippen LogP contribution in [0.2, 0.25) is 0 Å². The predicted molar refractivity (Wildman–Crippen MR) is 99.2 cm³/mol. The smallest absolute Gasteiger partial charge is 0.252 e. The Kier molecular flexibility index (Phi) is 6.14. The summed E-state index contributed by atoms with van der Waals surface area (Å²) >= 11 is 0. The zero-order valence-corrected chi connectivity index (χ0v) is 14.7. The van der Waals surface area contributed by atoms with Crippen molar-refractivity contribution in [3.05, 3.63) is 48.2 Å². The first-order chi connectivity index (χ1) is 11.5. The minimum Gasteiger partial charge on any atom is -0.378 e. The fourth-order valence-corrected chi connectivity index (χ4v) is 2.09. The second-order valence-corrected chi connectivity index (χ2v) is 6.06. The van der Waals surface area contributed by atoms with Gasteiger partial charge >= 0.3 is 0 Å². The Morgan fingerprint density at radius 3 is 2.29 bits per heavy atom. The maximum absolute atomic E-state index is 12.0. The molecule has 0 unspecified atom stereocenters. The molecular formula is C18H25N5O. The van der Waals surface area contributed by atoms with Crippen LogP contribution in [0, 0.1) is 0 Å². The average Bonchev–Trinajstić information content (AvgIpc) is 2.55. The van der Waals surface area contributed by atoms with Crippen LogP contribution in [0.15, 0.2) is 42.6 Å². The van der Waals surface area contributed by atoms with Crippen LogP contribution in [-0.4, -0.2) is 57.1 Å². The van der Waals surface area contributed by atoms with Crippen molar-refractivity contribution < 1.29 is 4.79 Å². The van der Waals surface area contributed by atoms with Crippen molar-refractivity contribution in [1.29, 1.82) is 0 Å². The molecule has 0 saturated heterocycles. The van der Waals surface area contributed by atoms with Crippen LogP contribution in [0.5, 0.6) is 0 Å². The van der Waals surface area contributed by atoms with Gasteiger partial charge in [0, 0.05) is 44.8 Å². The van der Waals surface area contributed by atoms with Crippen LogP contribution in [0.25, 0.3) is 0 Å². The summed E-state index contributed by atoms with van der Waals surface area (Å²) in [5.41, 5.74) is 2.65. The van der Waals surface area contributed by atoms with Gasteiger partial charge in [0.15, 0.2) is 0 Å². The van der Waals surface area contributed by atoms with E-state index in [1.54, 1.807) is 18.3 Å². The van der Waals surface area contributed by atoms with E-state index in [4.69, 9.17) is 0 Å². The van der Waals surface area contributed by atoms with E-state index in [0.717, 1.165) is 17.9 Å². The molecule has 0 bridgehead atoms. The van der Waals surface area contributed by atoms with Gasteiger partial charge in [0.25, 0.3) is 5.91 Å². The van der Waals surface area contributed by atoms with Gasteiger partial charge in [-0.25, -0.2) is 4.98 Å². The quantitative estimate of drug-likeness (QED) is 0.816. The molecule has 24 heavy (non-hydrogen) atoms. The molecule has 0 fully saturated rings. The lowest BCUT2D eigenvalue weighted by molar-refractivity contribution is 0.0950. The van der Waals surface area contributed by atoms with Gasteiger partial charge in [0.2, 0.25) is 0 Å². The van der Waals surface area contributed by atoms with Crippen molar-refractivity contribution in [3.63, 3.8) is 0 Å². The molecule has 0 aliphatic rings. The molecule has 128 valence electrons. The van der Waals surface area contributed by atoms with Crippen LogP contribution in [0.4, 0.5) is 17.2 Å². The summed E-state index contributed by atoms with van der Waals surface area (Å²) < 4.78 is 0. The van der Waals surface area contributed by atoms with Gasteiger partial charge in [0.1, 0.15) is 5.82 Å². The highest BCUT2D eigenvalue weighted by Gasteiger charge is 2.06. The van der Waals surface area contributed by atoms with E-state index in [1.807, 2.05) is 62.3 Å². The first-order valence-corrected chi connectivity index (χ1v) is 7.89. The van der Waals surface area contributed by atoms with E-state index in [0.29, 0.717) is 17.9 Å². The van der Waals surface area contributed by atoms with E-state index in [9.17, 15) is 4.79 Å². The molecule has 0 aliphatic heterocycles. The van der Waals surface area contributed by atoms with E-state index < -0.39 is 0 Å². The normalized spacial score (nSPS) is 10.5. The number of aromatic nitrogens is 1. The fraction of sp³-hybridized carbons (Fsp3) is 0.333. The molecule has 1 aromatic heterocycles. The minimum absolute atomic E-state index is 0.105. The number of nitrogens with one attached hydrogen (secondary N) is 2. The second-order valence-electron chi connectivity index (χ2n) is 6.06. The van der Waals surface area contributed by atoms with Crippen LogP contribution in [0.1, 0.15) is 10.4 Å². The van der Waals surface area contributed by atoms with E-state index in [1.165, 1.54) is 0 Å². The van der Waals surface area contributed by atoms with Gasteiger partial charge in [0.05, 0.1) is 5.56 Å². The van der Waals surface area contributed by atoms with E-state index >= 15 is 0 Å². The first kappa shape index (κ1) is 17.7. The lowest BCUT2D eigenvalue weighted by atomic mass is 10.2. The van der Waals surface area contributed by atoms with Gasteiger partial charge in [-0.3, -0.25) is 4.79 Å². The van der Waals surface area contributed by atoms with Gasteiger partial charge in [-0.1, -0.05) is 0 Å². The number of pyridine rings is 1. The fourth-order valence-electron chi connectivity index (χ4n) is 2.09. The van der Waals surface area contributed by atoms with Gasteiger partial charge < -0.3 is 20.4 Å². The van der Waals surface area contributed by atoms with Crippen LogP contribution in [0.3, 0.4) is 0 Å². The third-order valence-corrected chi connectivity index (χ3v) is 3.53. The number of rotatable bonds is 7. The number of likely N-dealkylation sites (N-methyl/N-ethyl adjacent to an activating group) is 1. The van der Waals surface area contributed by atoms with Crippen molar-refractivity contribution >= 4 is 23.1 Å². The molecule has 0 saturated carbocycles. The number of amides is 1. The minimum atomic E-state index is -0.105. The number of benzene rings is 1. The zero-order chi connectivity index (χ0) is 17.5. The maximum atomic E-state index is 12.0. The number of hydrogen-bond donors (Lipinski definition) is 2. The molecule has 2 rings (SSSR count). The van der Waals surface area contributed by atoms with Crippen LogP contribution >= 0.6 is 0 Å². The van der Waals surface area contributed by atoms with Gasteiger partial charge in [-0.2, -0.15) is 0 Å². The molecule has 0 aliphatic carbocycles. The topological polar surface area (TPSA) is 60.5 Å². The van der Waals surface area contributed by atoms with Crippen molar-refractivity contribution in [2.75, 3.05) is 51.5 Å². The Morgan fingerprint density at radius 1 is 1.04 bits per heavy atom. The maximum Gasteiger partial charge on any atom is 0.252 e. The molecule has 2 aromatic rings. The Hall–Kier alpha value is -2.60. The van der Waals surface area contributed by atoms with E-state index in [-0.39, 0.29) is 5.91 Å². The average molecular weight is 327 g/mol. The monoisotopic (exact) mass is 327 g/mol. The number of anilines is 3. The lowest BCUT2D eigenvalue weighted by Crippen LogP contribution is -2.31. The van der Waals surface area contributed by atoms with Gasteiger partial charge in [-0.05, 0) is 50.5 Å². The molecule has 0 atom stereocenters. The molecular weight excluding hydrogens is 302 g/mol. The Bertz CT molecular complexity index is 650. The zero-order valence-electron chi connectivity index (χ0n) is 14.7. The van der Waals surface area contributed by atoms with Crippen molar-refractivity contribution in [3.8, 4) is 0 Å². The summed E-state index contributed by atoms with van der Waals surface area (Å²) in [6, 6.07) is 11.6.